The van der Waals surface area contributed by atoms with Crippen LogP contribution in [0, 0.1) is 41.4 Å². The lowest BCUT2D eigenvalue weighted by molar-refractivity contribution is -0.00277. The molecule has 0 aliphatic heterocycles. The SMILES string of the molecule is CC(NCC#Cc1ccc(C2C3CC4CC(C3)CC2C4)cc1)C1CCCCC1.Cl. The molecule has 5 fully saturated rings. The molecule has 0 spiro atoms. The van der Waals surface area contributed by atoms with Crippen LogP contribution in [0.2, 0.25) is 0 Å². The molecule has 0 aromatic heterocycles. The van der Waals surface area contributed by atoms with Crippen molar-refractivity contribution in [2.24, 2.45) is 29.6 Å². The summed E-state index contributed by atoms with van der Waals surface area (Å²) in [5, 5.41) is 3.65. The first kappa shape index (κ1) is 21.3. The van der Waals surface area contributed by atoms with E-state index in [0.717, 1.165) is 42.1 Å². The van der Waals surface area contributed by atoms with Crippen LogP contribution >= 0.6 is 12.4 Å². The van der Waals surface area contributed by atoms with Gasteiger partial charge >= 0.3 is 0 Å². The molecule has 1 unspecified atom stereocenters. The molecule has 5 aliphatic carbocycles. The van der Waals surface area contributed by atoms with Crippen LogP contribution in [0.25, 0.3) is 0 Å². The van der Waals surface area contributed by atoms with Gasteiger partial charge in [-0.3, -0.25) is 0 Å². The maximum atomic E-state index is 3.65. The highest BCUT2D eigenvalue weighted by Gasteiger charge is 2.48. The van der Waals surface area contributed by atoms with Gasteiger partial charge in [0.15, 0.2) is 0 Å². The van der Waals surface area contributed by atoms with Crippen LogP contribution in [-0.2, 0) is 0 Å². The van der Waals surface area contributed by atoms with Crippen molar-refractivity contribution in [1.82, 2.24) is 5.32 Å². The van der Waals surface area contributed by atoms with Crippen LogP contribution in [0.4, 0.5) is 0 Å². The molecule has 158 valence electrons. The normalized spacial score (nSPS) is 34.2. The summed E-state index contributed by atoms with van der Waals surface area (Å²) in [5.74, 6) is 12.5. The Hall–Kier alpha value is -0.970. The Kier molecular flexibility index (Phi) is 6.93. The fourth-order valence-electron chi connectivity index (χ4n) is 7.42. The van der Waals surface area contributed by atoms with Crippen molar-refractivity contribution in [2.45, 2.75) is 83.1 Å². The fraction of sp³-hybridized carbons (Fsp3) is 0.704. The highest BCUT2D eigenvalue weighted by atomic mass is 35.5. The average molecular weight is 412 g/mol. The van der Waals surface area contributed by atoms with Gasteiger partial charge in [0.1, 0.15) is 0 Å². The summed E-state index contributed by atoms with van der Waals surface area (Å²) in [5.41, 5.74) is 2.78. The van der Waals surface area contributed by atoms with Crippen molar-refractivity contribution in [3.8, 4) is 11.8 Å². The minimum atomic E-state index is 0. The Morgan fingerprint density at radius 2 is 1.52 bits per heavy atom. The van der Waals surface area contributed by atoms with E-state index in [0.29, 0.717) is 6.04 Å². The molecule has 1 atom stereocenters. The van der Waals surface area contributed by atoms with Gasteiger partial charge < -0.3 is 5.32 Å². The molecule has 5 saturated carbocycles. The van der Waals surface area contributed by atoms with E-state index in [1.807, 2.05) is 0 Å². The second-order valence-electron chi connectivity index (χ2n) is 10.4. The van der Waals surface area contributed by atoms with Crippen molar-refractivity contribution in [3.05, 3.63) is 35.4 Å². The number of hydrogen-bond acceptors (Lipinski definition) is 1. The molecule has 1 aromatic rings. The maximum Gasteiger partial charge on any atom is 0.0582 e. The number of halogens is 1. The molecule has 1 nitrogen and oxygen atoms in total. The smallest absolute Gasteiger partial charge is 0.0582 e. The topological polar surface area (TPSA) is 12.0 Å². The number of rotatable bonds is 4. The first-order valence-corrected chi connectivity index (χ1v) is 12.1. The van der Waals surface area contributed by atoms with E-state index < -0.39 is 0 Å². The summed E-state index contributed by atoms with van der Waals surface area (Å²) >= 11 is 0. The van der Waals surface area contributed by atoms with Crippen molar-refractivity contribution >= 4 is 12.4 Å². The Labute approximate surface area is 184 Å². The third-order valence-corrected chi connectivity index (χ3v) is 8.62. The lowest BCUT2D eigenvalue weighted by Gasteiger charge is -2.54. The Bertz CT molecular complexity index is 693. The first-order chi connectivity index (χ1) is 13.8. The van der Waals surface area contributed by atoms with Gasteiger partial charge in [-0.25, -0.2) is 0 Å². The van der Waals surface area contributed by atoms with Crippen molar-refractivity contribution in [1.29, 1.82) is 0 Å². The predicted molar refractivity (Wildman–Crippen MR) is 124 cm³/mol. The largest absolute Gasteiger partial charge is 0.303 e. The van der Waals surface area contributed by atoms with Crippen molar-refractivity contribution in [2.75, 3.05) is 6.54 Å². The summed E-state index contributed by atoms with van der Waals surface area (Å²) < 4.78 is 0. The minimum Gasteiger partial charge on any atom is -0.303 e. The molecule has 0 heterocycles. The van der Waals surface area contributed by atoms with Crippen LogP contribution in [0.5, 0.6) is 0 Å². The Morgan fingerprint density at radius 1 is 0.897 bits per heavy atom. The van der Waals surface area contributed by atoms with E-state index in [1.54, 1.807) is 12.0 Å². The Balaban J connectivity index is 0.00000205. The molecule has 0 amide bonds. The standard InChI is InChI=1S/C27H37N.ClH/c1-19(23-7-3-2-4-8-23)28-13-5-6-20-9-11-24(12-10-20)27-25-15-21-14-22(17-25)18-26(27)16-21;/h9-12,19,21-23,25-28H,2-4,7-8,13-18H2,1H3;1H. The molecule has 2 heteroatoms. The molecule has 29 heavy (non-hydrogen) atoms. The van der Waals surface area contributed by atoms with Gasteiger partial charge in [0.05, 0.1) is 6.54 Å². The van der Waals surface area contributed by atoms with Gasteiger partial charge in [0.2, 0.25) is 0 Å². The molecular weight excluding hydrogens is 374 g/mol. The molecule has 4 bridgehead atoms. The van der Waals surface area contributed by atoms with Gasteiger partial charge in [-0.05, 0) is 105 Å². The summed E-state index contributed by atoms with van der Waals surface area (Å²) in [6.07, 6.45) is 14.6. The zero-order valence-corrected chi connectivity index (χ0v) is 18.9. The van der Waals surface area contributed by atoms with E-state index in [-0.39, 0.29) is 12.4 Å². The maximum absolute atomic E-state index is 3.65. The Morgan fingerprint density at radius 3 is 2.14 bits per heavy atom. The molecule has 0 saturated heterocycles. The lowest BCUT2D eigenvalue weighted by Crippen LogP contribution is -2.43. The summed E-state index contributed by atoms with van der Waals surface area (Å²) in [6.45, 7) is 3.16. The van der Waals surface area contributed by atoms with Crippen LogP contribution < -0.4 is 5.32 Å². The molecule has 1 aromatic carbocycles. The lowest BCUT2D eigenvalue weighted by atomic mass is 9.51. The van der Waals surface area contributed by atoms with E-state index in [2.05, 4.69) is 48.3 Å². The van der Waals surface area contributed by atoms with E-state index in [1.165, 1.54) is 63.4 Å². The zero-order chi connectivity index (χ0) is 18.9. The summed E-state index contributed by atoms with van der Waals surface area (Å²) in [6, 6.07) is 9.95. The summed E-state index contributed by atoms with van der Waals surface area (Å²) in [4.78, 5) is 0. The van der Waals surface area contributed by atoms with Crippen molar-refractivity contribution in [3.63, 3.8) is 0 Å². The van der Waals surface area contributed by atoms with E-state index in [9.17, 15) is 0 Å². The van der Waals surface area contributed by atoms with Crippen LogP contribution in [0.1, 0.15) is 88.2 Å². The fourth-order valence-corrected chi connectivity index (χ4v) is 7.42. The van der Waals surface area contributed by atoms with E-state index in [4.69, 9.17) is 0 Å². The van der Waals surface area contributed by atoms with Gasteiger partial charge in [0, 0.05) is 11.6 Å². The monoisotopic (exact) mass is 411 g/mol. The van der Waals surface area contributed by atoms with Gasteiger partial charge in [-0.1, -0.05) is 43.2 Å². The molecular formula is C27H38ClN. The number of hydrogen-bond donors (Lipinski definition) is 1. The molecule has 1 N–H and O–H groups in total. The highest BCUT2D eigenvalue weighted by Crippen LogP contribution is 2.59. The van der Waals surface area contributed by atoms with Crippen LogP contribution in [0.3, 0.4) is 0 Å². The molecule has 0 radical (unpaired) electrons. The average Bonchev–Trinajstić information content (AvgIpc) is 2.72. The quantitative estimate of drug-likeness (QED) is 0.553. The van der Waals surface area contributed by atoms with Gasteiger partial charge in [-0.15, -0.1) is 12.4 Å². The van der Waals surface area contributed by atoms with Crippen LogP contribution in [0.15, 0.2) is 24.3 Å². The predicted octanol–water partition coefficient (Wildman–Crippen LogP) is 6.56. The van der Waals surface area contributed by atoms with Crippen LogP contribution in [-0.4, -0.2) is 12.6 Å². The summed E-state index contributed by atoms with van der Waals surface area (Å²) in [7, 11) is 0. The molecule has 6 rings (SSSR count). The van der Waals surface area contributed by atoms with Gasteiger partial charge in [0.25, 0.3) is 0 Å². The van der Waals surface area contributed by atoms with E-state index >= 15 is 0 Å². The first-order valence-electron chi connectivity index (χ1n) is 12.1. The zero-order valence-electron chi connectivity index (χ0n) is 18.0. The minimum absolute atomic E-state index is 0. The second-order valence-corrected chi connectivity index (χ2v) is 10.4. The second kappa shape index (κ2) is 9.45. The van der Waals surface area contributed by atoms with Gasteiger partial charge in [-0.2, -0.15) is 0 Å². The highest BCUT2D eigenvalue weighted by molar-refractivity contribution is 5.85. The third-order valence-electron chi connectivity index (χ3n) is 8.62. The van der Waals surface area contributed by atoms with Crippen molar-refractivity contribution < 1.29 is 0 Å². The number of nitrogens with one attached hydrogen (secondary N) is 1. The number of benzene rings is 1. The third kappa shape index (κ3) is 4.70. The molecule has 5 aliphatic rings.